The van der Waals surface area contributed by atoms with E-state index in [4.69, 9.17) is 15.9 Å². The first-order valence-corrected chi connectivity index (χ1v) is 5.57. The molecular weight excluding hydrogens is 224 g/mol. The Morgan fingerprint density at radius 2 is 1.89 bits per heavy atom. The maximum atomic E-state index is 5.76. The van der Waals surface area contributed by atoms with Crippen LogP contribution in [-0.4, -0.2) is 7.11 Å². The van der Waals surface area contributed by atoms with Crippen molar-refractivity contribution in [2.75, 3.05) is 7.11 Å². The van der Waals surface area contributed by atoms with Crippen LogP contribution in [0.1, 0.15) is 11.7 Å². The minimum absolute atomic E-state index is 0.469. The summed E-state index contributed by atoms with van der Waals surface area (Å²) >= 11 is 0. The molecule has 18 heavy (non-hydrogen) atoms. The number of hydrogen-bond acceptors (Lipinski definition) is 2. The predicted molar refractivity (Wildman–Crippen MR) is 70.5 cm³/mol. The van der Waals surface area contributed by atoms with E-state index < -0.39 is 6.10 Å². The lowest BCUT2D eigenvalue weighted by molar-refractivity contribution is 0.258. The number of methoxy groups -OCH3 is 1. The van der Waals surface area contributed by atoms with Gasteiger partial charge in [0.1, 0.15) is 11.5 Å². The van der Waals surface area contributed by atoms with Crippen molar-refractivity contribution >= 4 is 0 Å². The van der Waals surface area contributed by atoms with Crippen LogP contribution in [0.2, 0.25) is 0 Å². The quantitative estimate of drug-likeness (QED) is 0.760. The molecule has 1 unspecified atom stereocenters. The van der Waals surface area contributed by atoms with Crippen LogP contribution >= 0.6 is 0 Å². The third kappa shape index (κ3) is 2.64. The van der Waals surface area contributed by atoms with Crippen molar-refractivity contribution in [1.29, 1.82) is 0 Å². The van der Waals surface area contributed by atoms with E-state index in [1.165, 1.54) is 0 Å². The van der Waals surface area contributed by atoms with Crippen LogP contribution < -0.4 is 9.47 Å². The van der Waals surface area contributed by atoms with Crippen LogP contribution in [0.4, 0.5) is 0 Å². The standard InChI is InChI=1S/C16H13O2/c1-3-15(18-13-9-5-4-6-10-13)14-11-7-8-12-16(14)17-2/h1,5-12,15H,2H3. The predicted octanol–water partition coefficient (Wildman–Crippen LogP) is 3.25. The Bertz CT molecular complexity index is 541. The smallest absolute Gasteiger partial charge is 0.187 e. The second kappa shape index (κ2) is 5.79. The molecule has 0 aliphatic carbocycles. The molecule has 2 nitrogen and oxygen atoms in total. The van der Waals surface area contributed by atoms with E-state index in [0.717, 1.165) is 11.3 Å². The lowest BCUT2D eigenvalue weighted by Crippen LogP contribution is -2.06. The van der Waals surface area contributed by atoms with Crippen LogP contribution in [0, 0.1) is 18.4 Å². The summed E-state index contributed by atoms with van der Waals surface area (Å²) in [7, 11) is 1.61. The monoisotopic (exact) mass is 237 g/mol. The highest BCUT2D eigenvalue weighted by atomic mass is 16.5. The summed E-state index contributed by atoms with van der Waals surface area (Å²) < 4.78 is 11.0. The summed E-state index contributed by atoms with van der Waals surface area (Å²) in [5.41, 5.74) is 0.843. The van der Waals surface area contributed by atoms with Gasteiger partial charge in [-0.15, -0.1) is 6.42 Å². The van der Waals surface area contributed by atoms with E-state index in [0.29, 0.717) is 5.75 Å². The summed E-state index contributed by atoms with van der Waals surface area (Å²) in [4.78, 5) is 0. The molecule has 0 saturated heterocycles. The van der Waals surface area contributed by atoms with Crippen molar-refractivity contribution < 1.29 is 9.47 Å². The topological polar surface area (TPSA) is 18.5 Å². The van der Waals surface area contributed by atoms with Crippen LogP contribution in [0.5, 0.6) is 11.5 Å². The van der Waals surface area contributed by atoms with Gasteiger partial charge in [0.05, 0.1) is 7.11 Å². The van der Waals surface area contributed by atoms with Gasteiger partial charge >= 0.3 is 0 Å². The molecule has 2 aromatic rings. The van der Waals surface area contributed by atoms with Gasteiger partial charge < -0.3 is 9.47 Å². The molecule has 2 heteroatoms. The van der Waals surface area contributed by atoms with Crippen LogP contribution in [-0.2, 0) is 0 Å². The largest absolute Gasteiger partial charge is 0.496 e. The van der Waals surface area contributed by atoms with E-state index in [1.54, 1.807) is 19.2 Å². The highest BCUT2D eigenvalue weighted by Crippen LogP contribution is 2.28. The van der Waals surface area contributed by atoms with Crippen molar-refractivity contribution in [3.05, 3.63) is 60.2 Å². The summed E-state index contributed by atoms with van der Waals surface area (Å²) in [5, 5.41) is 0. The molecule has 0 saturated carbocycles. The highest BCUT2D eigenvalue weighted by Gasteiger charge is 2.14. The molecule has 89 valence electrons. The molecule has 0 aliphatic rings. The Morgan fingerprint density at radius 1 is 1.17 bits per heavy atom. The zero-order valence-electron chi connectivity index (χ0n) is 10.1. The molecule has 0 aliphatic heterocycles. The van der Waals surface area contributed by atoms with Gasteiger partial charge in [-0.25, -0.2) is 0 Å². The Kier molecular flexibility index (Phi) is 3.88. The fraction of sp³-hybridized carbons (Fsp3) is 0.125. The van der Waals surface area contributed by atoms with Crippen molar-refractivity contribution in [2.24, 2.45) is 0 Å². The highest BCUT2D eigenvalue weighted by molar-refractivity contribution is 5.39. The van der Waals surface area contributed by atoms with Gasteiger partial charge in [0.15, 0.2) is 6.10 Å². The Balaban J connectivity index is 2.27. The molecule has 1 radical (unpaired) electrons. The molecule has 0 aromatic heterocycles. The Morgan fingerprint density at radius 3 is 2.56 bits per heavy atom. The third-order valence-electron chi connectivity index (χ3n) is 2.51. The third-order valence-corrected chi connectivity index (χ3v) is 2.51. The molecule has 2 aromatic carbocycles. The summed E-state index contributed by atoms with van der Waals surface area (Å²) in [6, 6.07) is 17.7. The van der Waals surface area contributed by atoms with Gasteiger partial charge in [-0.3, -0.25) is 0 Å². The molecule has 0 spiro atoms. The van der Waals surface area contributed by atoms with Gasteiger partial charge in [-0.05, 0) is 24.3 Å². The lowest BCUT2D eigenvalue weighted by atomic mass is 10.1. The van der Waals surface area contributed by atoms with E-state index >= 15 is 0 Å². The van der Waals surface area contributed by atoms with Crippen molar-refractivity contribution in [2.45, 2.75) is 6.10 Å². The summed E-state index contributed by atoms with van der Waals surface area (Å²) in [6.07, 6.45) is 5.07. The molecule has 0 fully saturated rings. The van der Waals surface area contributed by atoms with E-state index in [2.05, 4.69) is 12.0 Å². The molecule has 0 N–H and O–H groups in total. The van der Waals surface area contributed by atoms with E-state index in [1.807, 2.05) is 36.4 Å². The average Bonchev–Trinajstić information content (AvgIpc) is 2.46. The maximum Gasteiger partial charge on any atom is 0.187 e. The second-order valence-electron chi connectivity index (χ2n) is 3.64. The first-order chi connectivity index (χ1) is 8.85. The van der Waals surface area contributed by atoms with E-state index in [-0.39, 0.29) is 0 Å². The Labute approximate surface area is 107 Å². The number of para-hydroxylation sites is 1. The zero-order valence-corrected chi connectivity index (χ0v) is 10.1. The Hall–Kier alpha value is -2.40. The second-order valence-corrected chi connectivity index (χ2v) is 3.64. The minimum Gasteiger partial charge on any atom is -0.496 e. The fourth-order valence-electron chi connectivity index (χ4n) is 1.66. The number of benzene rings is 2. The van der Waals surface area contributed by atoms with Gasteiger partial charge in [-0.2, -0.15) is 0 Å². The number of ether oxygens (including phenoxy) is 2. The molecule has 0 amide bonds. The van der Waals surface area contributed by atoms with E-state index in [9.17, 15) is 0 Å². The summed E-state index contributed by atoms with van der Waals surface area (Å²) in [5.74, 6) is 4.06. The number of rotatable bonds is 4. The lowest BCUT2D eigenvalue weighted by Gasteiger charge is -2.16. The number of terminal acetylenes is 1. The zero-order chi connectivity index (χ0) is 12.8. The molecule has 1 atom stereocenters. The van der Waals surface area contributed by atoms with Crippen LogP contribution in [0.3, 0.4) is 0 Å². The first-order valence-electron chi connectivity index (χ1n) is 5.57. The van der Waals surface area contributed by atoms with Gasteiger partial charge in [0, 0.05) is 5.56 Å². The van der Waals surface area contributed by atoms with Crippen molar-refractivity contribution in [3.63, 3.8) is 0 Å². The summed E-state index contributed by atoms with van der Waals surface area (Å²) in [6.45, 7) is 0. The van der Waals surface area contributed by atoms with Gasteiger partial charge in [0.25, 0.3) is 0 Å². The first kappa shape index (κ1) is 12.1. The van der Waals surface area contributed by atoms with Gasteiger partial charge in [0.2, 0.25) is 0 Å². The van der Waals surface area contributed by atoms with Crippen LogP contribution in [0.15, 0.2) is 48.5 Å². The van der Waals surface area contributed by atoms with Crippen molar-refractivity contribution in [3.8, 4) is 23.8 Å². The molecule has 0 bridgehead atoms. The molecule has 0 heterocycles. The molecular formula is C16H13O2. The maximum absolute atomic E-state index is 5.76. The normalized spacial score (nSPS) is 11.3. The fourth-order valence-corrected chi connectivity index (χ4v) is 1.66. The minimum atomic E-state index is -0.469. The average molecular weight is 237 g/mol. The van der Waals surface area contributed by atoms with Crippen LogP contribution in [0.25, 0.3) is 0 Å². The van der Waals surface area contributed by atoms with Crippen molar-refractivity contribution in [1.82, 2.24) is 0 Å². The SMILES string of the molecule is C#CC(Oc1cc[c]cc1)c1ccccc1OC. The molecule has 2 rings (SSSR count). The van der Waals surface area contributed by atoms with Gasteiger partial charge in [-0.1, -0.05) is 36.3 Å². The number of hydrogen-bond donors (Lipinski definition) is 0.